The van der Waals surface area contributed by atoms with Gasteiger partial charge >= 0.3 is 0 Å². The largest absolute Gasteiger partial charge is 0.357 e. The molecular formula is C24H27N5OS2. The number of aromatic nitrogens is 2. The molecule has 2 aliphatic rings. The van der Waals surface area contributed by atoms with Gasteiger partial charge in [0.25, 0.3) is 0 Å². The van der Waals surface area contributed by atoms with E-state index in [4.69, 9.17) is 0 Å². The van der Waals surface area contributed by atoms with Crippen molar-refractivity contribution in [3.63, 3.8) is 0 Å². The van der Waals surface area contributed by atoms with Gasteiger partial charge in [0.2, 0.25) is 11.0 Å². The fourth-order valence-corrected chi connectivity index (χ4v) is 5.79. The molecule has 0 unspecified atom stereocenters. The fraction of sp³-hybridized carbons (Fsp3) is 0.375. The number of carbonyl (C=O) groups excluding carboxylic acids is 1. The van der Waals surface area contributed by atoms with Gasteiger partial charge in [-0.25, -0.2) is 0 Å². The zero-order valence-electron chi connectivity index (χ0n) is 17.9. The molecular weight excluding hydrogens is 438 g/mol. The van der Waals surface area contributed by atoms with Crippen molar-refractivity contribution < 1.29 is 4.79 Å². The molecule has 1 amide bonds. The molecule has 32 heavy (non-hydrogen) atoms. The summed E-state index contributed by atoms with van der Waals surface area (Å²) in [7, 11) is 0. The average molecular weight is 466 g/mol. The molecule has 8 heteroatoms. The van der Waals surface area contributed by atoms with E-state index < -0.39 is 0 Å². The predicted octanol–water partition coefficient (Wildman–Crippen LogP) is 4.14. The minimum Gasteiger partial charge on any atom is -0.357 e. The van der Waals surface area contributed by atoms with Crippen LogP contribution >= 0.6 is 23.1 Å². The molecule has 1 saturated heterocycles. The minimum absolute atomic E-state index is 0.178. The zero-order chi connectivity index (χ0) is 21.8. The van der Waals surface area contributed by atoms with Crippen molar-refractivity contribution in [2.45, 2.75) is 29.3 Å². The topological polar surface area (TPSA) is 61.4 Å². The molecule has 1 aliphatic carbocycles. The van der Waals surface area contributed by atoms with E-state index in [1.165, 1.54) is 35.7 Å². The van der Waals surface area contributed by atoms with Crippen molar-refractivity contribution in [2.75, 3.05) is 37.2 Å². The van der Waals surface area contributed by atoms with Crippen LogP contribution in [0.5, 0.6) is 0 Å². The van der Waals surface area contributed by atoms with Crippen LogP contribution in [0.25, 0.3) is 0 Å². The van der Waals surface area contributed by atoms with Crippen molar-refractivity contribution in [3.05, 3.63) is 71.8 Å². The smallest absolute Gasteiger partial charge is 0.233 e. The highest BCUT2D eigenvalue weighted by atomic mass is 32.2. The number of hydrogen-bond donors (Lipinski definition) is 1. The molecule has 0 radical (unpaired) electrons. The third-order valence-electron chi connectivity index (χ3n) is 5.89. The fourth-order valence-electron chi connectivity index (χ4n) is 4.06. The highest BCUT2D eigenvalue weighted by Crippen LogP contribution is 2.31. The van der Waals surface area contributed by atoms with Crippen molar-refractivity contribution in [1.29, 1.82) is 0 Å². The molecule has 2 fully saturated rings. The number of thioether (sulfide) groups is 1. The number of hydrogen-bond acceptors (Lipinski definition) is 7. The summed E-state index contributed by atoms with van der Waals surface area (Å²) >= 11 is 3.03. The van der Waals surface area contributed by atoms with Crippen LogP contribution in [0, 0.1) is 0 Å². The van der Waals surface area contributed by atoms with Gasteiger partial charge in [0.05, 0.1) is 11.8 Å². The molecule has 166 valence electrons. The Kier molecular flexibility index (Phi) is 6.71. The molecule has 2 heterocycles. The molecule has 0 spiro atoms. The molecule has 0 bridgehead atoms. The molecule has 1 aliphatic heterocycles. The molecule has 1 aromatic heterocycles. The summed E-state index contributed by atoms with van der Waals surface area (Å²) in [4.78, 5) is 17.3. The number of nitrogens with one attached hydrogen (secondary N) is 1. The quantitative estimate of drug-likeness (QED) is 0.505. The Labute approximate surface area is 197 Å². The van der Waals surface area contributed by atoms with Gasteiger partial charge in [0, 0.05) is 32.2 Å². The summed E-state index contributed by atoms with van der Waals surface area (Å²) < 4.78 is 0.855. The predicted molar refractivity (Wildman–Crippen MR) is 130 cm³/mol. The average Bonchev–Trinajstić information content (AvgIpc) is 3.55. The first-order valence-corrected chi connectivity index (χ1v) is 12.9. The van der Waals surface area contributed by atoms with Gasteiger partial charge in [-0.15, -0.1) is 10.2 Å². The Bertz CT molecular complexity index is 978. The van der Waals surface area contributed by atoms with Gasteiger partial charge in [-0.1, -0.05) is 83.8 Å². The summed E-state index contributed by atoms with van der Waals surface area (Å²) in [6, 6.07) is 22.1. The van der Waals surface area contributed by atoms with E-state index in [9.17, 15) is 4.79 Å². The monoisotopic (exact) mass is 465 g/mol. The Morgan fingerprint density at radius 2 is 1.59 bits per heavy atom. The van der Waals surface area contributed by atoms with E-state index in [2.05, 4.69) is 81.1 Å². The van der Waals surface area contributed by atoms with Crippen LogP contribution in [0.15, 0.2) is 65.0 Å². The number of carbonyl (C=O) groups is 1. The SMILES string of the molecule is O=C(CSc1nnc(NC2CC2)s1)N1CCN(C(c2ccccc2)c2ccccc2)CC1. The second-order valence-corrected chi connectivity index (χ2v) is 10.4. The van der Waals surface area contributed by atoms with Crippen LogP contribution in [0.4, 0.5) is 5.13 Å². The summed E-state index contributed by atoms with van der Waals surface area (Å²) in [5, 5.41) is 12.6. The van der Waals surface area contributed by atoms with Gasteiger partial charge in [-0.2, -0.15) is 0 Å². The number of benzene rings is 2. The maximum absolute atomic E-state index is 12.8. The molecule has 2 aromatic carbocycles. The van der Waals surface area contributed by atoms with E-state index in [0.717, 1.165) is 35.7 Å². The first-order chi connectivity index (χ1) is 15.8. The van der Waals surface area contributed by atoms with E-state index in [-0.39, 0.29) is 11.9 Å². The molecule has 1 saturated carbocycles. The first kappa shape index (κ1) is 21.4. The maximum atomic E-state index is 12.8. The van der Waals surface area contributed by atoms with Crippen LogP contribution in [0.1, 0.15) is 30.0 Å². The second kappa shape index (κ2) is 10.0. The summed E-state index contributed by atoms with van der Waals surface area (Å²) in [6.45, 7) is 3.22. The molecule has 5 rings (SSSR count). The Hall–Kier alpha value is -2.42. The van der Waals surface area contributed by atoms with E-state index in [1.807, 2.05) is 4.90 Å². The number of piperazine rings is 1. The molecule has 3 aromatic rings. The lowest BCUT2D eigenvalue weighted by molar-refractivity contribution is -0.130. The normalized spacial score (nSPS) is 17.0. The van der Waals surface area contributed by atoms with Crippen LogP contribution < -0.4 is 5.32 Å². The number of anilines is 1. The van der Waals surface area contributed by atoms with Gasteiger partial charge < -0.3 is 10.2 Å². The van der Waals surface area contributed by atoms with Crippen molar-refractivity contribution >= 4 is 34.1 Å². The molecule has 1 N–H and O–H groups in total. The lowest BCUT2D eigenvalue weighted by atomic mass is 9.96. The highest BCUT2D eigenvalue weighted by Gasteiger charge is 2.28. The lowest BCUT2D eigenvalue weighted by Crippen LogP contribution is -2.50. The van der Waals surface area contributed by atoms with Crippen molar-refractivity contribution in [2.24, 2.45) is 0 Å². The standard InChI is InChI=1S/C24H27N5OS2/c30-21(17-31-24-27-26-23(32-24)25-20-11-12-20)28-13-15-29(16-14-28)22(18-7-3-1-4-8-18)19-9-5-2-6-10-19/h1-10,20,22H,11-17H2,(H,25,26). The van der Waals surface area contributed by atoms with Crippen molar-refractivity contribution in [3.8, 4) is 0 Å². The third-order valence-corrected chi connectivity index (χ3v) is 7.87. The van der Waals surface area contributed by atoms with Gasteiger partial charge in [-0.05, 0) is 24.0 Å². The van der Waals surface area contributed by atoms with E-state index >= 15 is 0 Å². The summed E-state index contributed by atoms with van der Waals surface area (Å²) in [6.07, 6.45) is 2.42. The third kappa shape index (κ3) is 5.31. The van der Waals surface area contributed by atoms with Gasteiger partial charge in [-0.3, -0.25) is 9.69 Å². The summed E-state index contributed by atoms with van der Waals surface area (Å²) in [5.41, 5.74) is 2.59. The molecule has 6 nitrogen and oxygen atoms in total. The van der Waals surface area contributed by atoms with Crippen LogP contribution in [-0.4, -0.2) is 63.9 Å². The van der Waals surface area contributed by atoms with E-state index in [1.54, 1.807) is 11.3 Å². The summed E-state index contributed by atoms with van der Waals surface area (Å²) in [5.74, 6) is 0.594. The Balaban J connectivity index is 1.17. The second-order valence-electron chi connectivity index (χ2n) is 8.22. The number of rotatable bonds is 8. The zero-order valence-corrected chi connectivity index (χ0v) is 19.5. The molecule has 0 atom stereocenters. The Morgan fingerprint density at radius 1 is 0.969 bits per heavy atom. The lowest BCUT2D eigenvalue weighted by Gasteiger charge is -2.39. The Morgan fingerprint density at radius 3 is 2.19 bits per heavy atom. The van der Waals surface area contributed by atoms with Crippen molar-refractivity contribution in [1.82, 2.24) is 20.0 Å². The first-order valence-electron chi connectivity index (χ1n) is 11.1. The number of amides is 1. The maximum Gasteiger partial charge on any atom is 0.233 e. The van der Waals surface area contributed by atoms with Crippen LogP contribution in [0.2, 0.25) is 0 Å². The minimum atomic E-state index is 0.178. The number of nitrogens with zero attached hydrogens (tertiary/aromatic N) is 4. The van der Waals surface area contributed by atoms with E-state index in [0.29, 0.717) is 11.8 Å². The van der Waals surface area contributed by atoms with Gasteiger partial charge in [0.15, 0.2) is 4.34 Å². The highest BCUT2D eigenvalue weighted by molar-refractivity contribution is 8.01. The van der Waals surface area contributed by atoms with Gasteiger partial charge in [0.1, 0.15) is 0 Å². The van der Waals surface area contributed by atoms with Crippen LogP contribution in [-0.2, 0) is 4.79 Å². The van der Waals surface area contributed by atoms with Crippen LogP contribution in [0.3, 0.4) is 0 Å².